The van der Waals surface area contributed by atoms with Crippen molar-refractivity contribution in [1.82, 2.24) is 0 Å². The molecule has 2 aromatic carbocycles. The van der Waals surface area contributed by atoms with Gasteiger partial charge >= 0.3 is 0 Å². The minimum absolute atomic E-state index is 0. The van der Waals surface area contributed by atoms with Gasteiger partial charge in [-0.05, 0) is 40.1 Å². The number of fused-ring (bicyclic) bond motifs is 1. The van der Waals surface area contributed by atoms with Gasteiger partial charge in [-0.15, -0.1) is 11.3 Å². The third-order valence-electron chi connectivity index (χ3n) is 2.56. The van der Waals surface area contributed by atoms with Gasteiger partial charge in [0.2, 0.25) is 0 Å². The molecule has 0 unspecified atom stereocenters. The van der Waals surface area contributed by atoms with Crippen LogP contribution >= 0.6 is 24.8 Å². The predicted octanol–water partition coefficient (Wildman–Crippen LogP) is 4.68. The Kier molecular flexibility index (Phi) is 3.32. The van der Waals surface area contributed by atoms with Crippen molar-refractivity contribution in [2.45, 2.75) is 0 Å². The molecule has 0 bridgehead atoms. The lowest BCUT2D eigenvalue weighted by molar-refractivity contribution is 1.66. The first kappa shape index (κ1) is 11.2. The Morgan fingerprint density at radius 1 is 0.750 bits per heavy atom. The Labute approximate surface area is 106 Å². The summed E-state index contributed by atoms with van der Waals surface area (Å²) in [5, 5.41) is 3.47. The van der Waals surface area contributed by atoms with Crippen LogP contribution in [0.4, 0.5) is 0 Å². The molecule has 3 rings (SSSR count). The minimum Gasteiger partial charge on any atom is -0.197 e. The Bertz CT molecular complexity index is 582. The molecule has 0 atom stereocenters. The molecule has 0 aliphatic rings. The smallest absolute Gasteiger partial charge is 0.0343 e. The van der Waals surface area contributed by atoms with Crippen molar-refractivity contribution in [2.75, 3.05) is 0 Å². The van der Waals surface area contributed by atoms with Crippen LogP contribution < -0.4 is 0 Å². The second kappa shape index (κ2) is 4.73. The maximum absolute atomic E-state index is 2.25. The summed E-state index contributed by atoms with van der Waals surface area (Å²) in [5.74, 6) is 0. The van der Waals surface area contributed by atoms with Gasteiger partial charge in [-0.3, -0.25) is 0 Å². The molecule has 0 spiro atoms. The van der Waals surface area contributed by atoms with E-state index >= 15 is 0 Å². The third-order valence-corrected chi connectivity index (χ3v) is 3.46. The van der Waals surface area contributed by atoms with Crippen molar-refractivity contribution in [3.05, 3.63) is 60.0 Å². The van der Waals surface area contributed by atoms with Gasteiger partial charge in [-0.1, -0.05) is 36.4 Å². The van der Waals surface area contributed by atoms with Crippen LogP contribution in [0.25, 0.3) is 21.2 Å². The lowest BCUT2D eigenvalue weighted by Crippen LogP contribution is -1.75. The Morgan fingerprint density at radius 3 is 2.38 bits per heavy atom. The molecule has 2 heteroatoms. The van der Waals surface area contributed by atoms with Crippen molar-refractivity contribution in [3.8, 4) is 11.1 Å². The van der Waals surface area contributed by atoms with Crippen LogP contribution in [-0.4, -0.2) is 0 Å². The first-order chi connectivity index (χ1) is 7.43. The van der Waals surface area contributed by atoms with E-state index in [1.54, 1.807) is 11.3 Å². The maximum Gasteiger partial charge on any atom is 0.0343 e. The van der Waals surface area contributed by atoms with Gasteiger partial charge in [0, 0.05) is 4.70 Å². The van der Waals surface area contributed by atoms with Gasteiger partial charge in [0.1, 0.15) is 0 Å². The van der Waals surface area contributed by atoms with Gasteiger partial charge in [0.15, 0.2) is 0 Å². The average Bonchev–Trinajstić information content (AvgIpc) is 2.77. The summed E-state index contributed by atoms with van der Waals surface area (Å²) in [6.07, 6.45) is 0. The zero-order chi connectivity index (χ0) is 10.1. The van der Waals surface area contributed by atoms with E-state index in [4.69, 9.17) is 0 Å². The number of hydrogen-bond donors (Lipinski definition) is 0. The highest BCUT2D eigenvalue weighted by molar-refractivity contribution is 7.59. The van der Waals surface area contributed by atoms with Crippen LogP contribution in [0.2, 0.25) is 0 Å². The van der Waals surface area contributed by atoms with Gasteiger partial charge in [0.25, 0.3) is 0 Å². The fourth-order valence-corrected chi connectivity index (χ4v) is 2.55. The van der Waals surface area contributed by atoms with E-state index in [1.165, 1.54) is 21.2 Å². The summed E-state index contributed by atoms with van der Waals surface area (Å²) >= 11 is 1.79. The van der Waals surface area contributed by atoms with Gasteiger partial charge in [-0.2, -0.15) is 13.5 Å². The Balaban J connectivity index is 0.000000963. The zero-order valence-electron chi connectivity index (χ0n) is 8.68. The van der Waals surface area contributed by atoms with Gasteiger partial charge < -0.3 is 0 Å². The summed E-state index contributed by atoms with van der Waals surface area (Å²) in [4.78, 5) is 0. The van der Waals surface area contributed by atoms with Gasteiger partial charge in [-0.25, -0.2) is 0 Å². The minimum atomic E-state index is 0. The van der Waals surface area contributed by atoms with Crippen LogP contribution in [-0.2, 0) is 0 Å². The Morgan fingerprint density at radius 2 is 1.56 bits per heavy atom. The number of hydrogen-bond acceptors (Lipinski definition) is 1. The number of rotatable bonds is 1. The zero-order valence-corrected chi connectivity index (χ0v) is 10.5. The largest absolute Gasteiger partial charge is 0.197 e. The van der Waals surface area contributed by atoms with E-state index in [1.807, 2.05) is 6.07 Å². The second-order valence-electron chi connectivity index (χ2n) is 3.54. The van der Waals surface area contributed by atoms with Crippen molar-refractivity contribution >= 4 is 34.9 Å². The molecule has 0 radical (unpaired) electrons. The van der Waals surface area contributed by atoms with Crippen molar-refractivity contribution in [3.63, 3.8) is 0 Å². The summed E-state index contributed by atoms with van der Waals surface area (Å²) in [5.41, 5.74) is 2.58. The highest BCUT2D eigenvalue weighted by Gasteiger charge is 1.99. The molecule has 0 N–H and O–H groups in total. The van der Waals surface area contributed by atoms with Gasteiger partial charge in [0.05, 0.1) is 0 Å². The highest BCUT2D eigenvalue weighted by Crippen LogP contribution is 2.27. The van der Waals surface area contributed by atoms with E-state index in [0.717, 1.165) is 0 Å². The third kappa shape index (κ3) is 1.99. The van der Waals surface area contributed by atoms with E-state index in [0.29, 0.717) is 0 Å². The van der Waals surface area contributed by atoms with E-state index in [2.05, 4.69) is 53.9 Å². The summed E-state index contributed by atoms with van der Waals surface area (Å²) in [6.45, 7) is 0. The summed E-state index contributed by atoms with van der Waals surface area (Å²) < 4.78 is 1.36. The Hall–Kier alpha value is -1.25. The molecule has 80 valence electrons. The fraction of sp³-hybridized carbons (Fsp3) is 0. The quantitative estimate of drug-likeness (QED) is 0.583. The molecule has 1 heterocycles. The summed E-state index contributed by atoms with van der Waals surface area (Å²) in [7, 11) is 0. The molecular formula is C14H12S2. The van der Waals surface area contributed by atoms with Crippen molar-refractivity contribution < 1.29 is 0 Å². The first-order valence-electron chi connectivity index (χ1n) is 4.96. The van der Waals surface area contributed by atoms with Crippen molar-refractivity contribution in [1.29, 1.82) is 0 Å². The van der Waals surface area contributed by atoms with Crippen LogP contribution in [0.3, 0.4) is 0 Å². The highest BCUT2D eigenvalue weighted by atomic mass is 32.1. The normalized spacial score (nSPS) is 10.0. The molecule has 1 aromatic heterocycles. The molecule has 16 heavy (non-hydrogen) atoms. The molecular weight excluding hydrogens is 232 g/mol. The molecule has 0 amide bonds. The van der Waals surface area contributed by atoms with E-state index in [-0.39, 0.29) is 13.5 Å². The standard InChI is InChI=1S/C14H10S.H2S/c1-2-4-11(5-3-1)12-6-7-14-13(10-12)8-9-15-14;/h1-10H;1H2. The molecule has 0 fully saturated rings. The lowest BCUT2D eigenvalue weighted by Gasteiger charge is -2.00. The molecule has 0 nitrogen and oxygen atoms in total. The SMILES string of the molecule is S.c1ccc(-c2ccc3sccc3c2)cc1. The monoisotopic (exact) mass is 244 g/mol. The average molecular weight is 244 g/mol. The molecule has 3 aromatic rings. The van der Waals surface area contributed by atoms with Crippen molar-refractivity contribution in [2.24, 2.45) is 0 Å². The molecule has 0 saturated heterocycles. The fourth-order valence-electron chi connectivity index (χ4n) is 1.78. The number of thiophene rings is 1. The second-order valence-corrected chi connectivity index (χ2v) is 4.49. The maximum atomic E-state index is 2.25. The predicted molar refractivity (Wildman–Crippen MR) is 77.6 cm³/mol. The van der Waals surface area contributed by atoms with Crippen LogP contribution in [0.1, 0.15) is 0 Å². The first-order valence-corrected chi connectivity index (χ1v) is 5.84. The molecule has 0 aliphatic heterocycles. The van der Waals surface area contributed by atoms with Crippen LogP contribution in [0.5, 0.6) is 0 Å². The van der Waals surface area contributed by atoms with E-state index < -0.39 is 0 Å². The number of benzene rings is 2. The topological polar surface area (TPSA) is 0 Å². The van der Waals surface area contributed by atoms with Crippen LogP contribution in [0.15, 0.2) is 60.0 Å². The van der Waals surface area contributed by atoms with E-state index in [9.17, 15) is 0 Å². The lowest BCUT2D eigenvalue weighted by atomic mass is 10.0. The molecule has 0 saturated carbocycles. The molecule has 0 aliphatic carbocycles. The van der Waals surface area contributed by atoms with Crippen LogP contribution in [0, 0.1) is 0 Å². The summed E-state index contributed by atoms with van der Waals surface area (Å²) in [6, 6.07) is 19.3.